The van der Waals surface area contributed by atoms with E-state index in [0.29, 0.717) is 51.5 Å². The van der Waals surface area contributed by atoms with Crippen molar-refractivity contribution in [3.8, 4) is 10.4 Å². The summed E-state index contributed by atoms with van der Waals surface area (Å²) in [6, 6.07) is 10.7. The molecule has 2 aromatic carbocycles. The van der Waals surface area contributed by atoms with Crippen molar-refractivity contribution in [2.45, 2.75) is 135 Å². The summed E-state index contributed by atoms with van der Waals surface area (Å²) in [7, 11) is 0. The summed E-state index contributed by atoms with van der Waals surface area (Å²) in [5.41, 5.74) is 7.32. The standard InChI is InChI=1S/C55H67N13O9S3/c1-5-6-7-8-9-13-42(71)78-24-11-10-12-36-25-40(70)59-29-41-64-44(51-68-55(4,30-79-51)53(77)65-43(31(2)3)49(73)62-36)46(80-41)33-16-14-32(15-17-33)26-58-39(69)23-22-38(52(75)76)63-48(72)34-18-20-35(21-19-34)57-27-37-28-60-47-45(61-37)50(74)67-54(56)66-47/h10,12,14-21,28,31,36,38,43,57H,5-9,11,13,22-27,29-30H2,1-4H3,(H,58,69)(H,59,70)(H,62,73)(H,63,72)(H,65,77)(H,75,76)(H3,56,60,66,67,74)/b12-10+/t36?,38-,43?,55-/m0/s1. The number of rotatable bonds is 23. The third kappa shape index (κ3) is 17.0. The van der Waals surface area contributed by atoms with Gasteiger partial charge in [0, 0.05) is 42.1 Å². The van der Waals surface area contributed by atoms with Crippen LogP contribution in [0.5, 0.6) is 0 Å². The SMILES string of the molecule is CCCCCCCC(=O)SCC/C=C/C1CC(=O)NCc2nc(c(-c3ccc(CNC(=O)CC[C@H](NC(=O)c4ccc(NCc5cnc6nc(N)[nH]c(=O)c6n5)cc4)C(=O)O)cc3)s2)C2=N[C@@](C)(CS2)C(=O)NC(C(C)C)C(=O)N1. The highest BCUT2D eigenvalue weighted by atomic mass is 32.2. The van der Waals surface area contributed by atoms with Gasteiger partial charge in [-0.2, -0.15) is 4.98 Å². The molecule has 0 fully saturated rings. The van der Waals surface area contributed by atoms with E-state index in [2.05, 4.69) is 58.8 Å². The smallest absolute Gasteiger partial charge is 0.326 e. The van der Waals surface area contributed by atoms with Crippen LogP contribution in [0.4, 0.5) is 11.6 Å². The first-order valence-electron chi connectivity index (χ1n) is 26.6. The predicted octanol–water partition coefficient (Wildman–Crippen LogP) is 5.77. The molecule has 7 rings (SSSR count). The van der Waals surface area contributed by atoms with Gasteiger partial charge < -0.3 is 42.7 Å². The quantitative estimate of drug-likeness (QED) is 0.0277. The fourth-order valence-electron chi connectivity index (χ4n) is 8.51. The molecule has 5 aromatic rings. The number of hydrogen-bond acceptors (Lipinski definition) is 18. The van der Waals surface area contributed by atoms with Crippen LogP contribution in [-0.4, -0.2) is 111 Å². The number of carboxylic acids is 1. The molecule has 5 heterocycles. The number of nitrogens with zero attached hydrogens (tertiary/aromatic N) is 5. The third-order valence-corrected chi connectivity index (χ3v) is 16.4. The number of aromatic amines is 1. The van der Waals surface area contributed by atoms with Gasteiger partial charge in [-0.15, -0.1) is 23.1 Å². The van der Waals surface area contributed by atoms with Gasteiger partial charge in [-0.1, -0.05) is 94.6 Å². The van der Waals surface area contributed by atoms with Gasteiger partial charge in [0.1, 0.15) is 33.4 Å². The third-order valence-electron chi connectivity index (χ3n) is 13.1. The van der Waals surface area contributed by atoms with Crippen LogP contribution < -0.4 is 43.2 Å². The Labute approximate surface area is 475 Å². The number of benzene rings is 2. The minimum absolute atomic E-state index is 0.0374. The Hall–Kier alpha value is -7.51. The maximum atomic E-state index is 14.0. The van der Waals surface area contributed by atoms with Crippen molar-refractivity contribution < 1.29 is 38.7 Å². The number of thiazole rings is 1. The Morgan fingerprint density at radius 1 is 0.950 bits per heavy atom. The molecular formula is C55H67N13O9S3. The van der Waals surface area contributed by atoms with Gasteiger partial charge in [0.05, 0.1) is 42.3 Å². The molecule has 0 spiro atoms. The predicted molar refractivity (Wildman–Crippen MR) is 311 cm³/mol. The summed E-state index contributed by atoms with van der Waals surface area (Å²) in [6.45, 7) is 7.97. The molecule has 0 radical (unpaired) electrons. The number of thioether (sulfide) groups is 2. The fourth-order valence-corrected chi connectivity index (χ4v) is 11.5. The molecule has 25 heteroatoms. The Morgan fingerprint density at radius 2 is 1.71 bits per heavy atom. The van der Waals surface area contributed by atoms with Gasteiger partial charge in [0.15, 0.2) is 16.3 Å². The van der Waals surface area contributed by atoms with Crippen LogP contribution in [0, 0.1) is 5.92 Å². The molecule has 0 saturated heterocycles. The summed E-state index contributed by atoms with van der Waals surface area (Å²) < 4.78 is 0. The molecule has 5 amide bonds. The maximum absolute atomic E-state index is 14.0. The van der Waals surface area contributed by atoms with E-state index >= 15 is 0 Å². The minimum Gasteiger partial charge on any atom is -0.480 e. The summed E-state index contributed by atoms with van der Waals surface area (Å²) in [6.07, 6.45) is 11.2. The Morgan fingerprint density at radius 3 is 2.45 bits per heavy atom. The van der Waals surface area contributed by atoms with E-state index in [1.807, 2.05) is 44.2 Å². The number of aromatic nitrogens is 5. The second-order valence-corrected chi connectivity index (χ2v) is 23.1. The van der Waals surface area contributed by atoms with Crippen LogP contribution in [0.25, 0.3) is 21.6 Å². The number of allylic oxidation sites excluding steroid dienone is 1. The number of fused-ring (bicyclic) bond motifs is 5. The monoisotopic (exact) mass is 1150 g/mol. The number of nitrogen functional groups attached to an aromatic ring is 1. The molecular weight excluding hydrogens is 1080 g/mol. The lowest BCUT2D eigenvalue weighted by Crippen LogP contribution is -2.56. The molecule has 0 saturated carbocycles. The van der Waals surface area contributed by atoms with E-state index in [9.17, 15) is 43.5 Å². The van der Waals surface area contributed by atoms with E-state index in [1.54, 1.807) is 25.1 Å². The number of hydrogen-bond donors (Lipinski definition) is 9. The molecule has 80 heavy (non-hydrogen) atoms. The van der Waals surface area contributed by atoms with Crippen LogP contribution in [0.1, 0.15) is 124 Å². The first-order valence-corrected chi connectivity index (χ1v) is 29.3. The zero-order valence-electron chi connectivity index (χ0n) is 45.0. The molecule has 2 aliphatic heterocycles. The Kier molecular flexibility index (Phi) is 21.5. The molecule has 424 valence electrons. The number of aliphatic imine (C=N–C) groups is 1. The van der Waals surface area contributed by atoms with Crippen molar-refractivity contribution in [2.24, 2.45) is 10.9 Å². The maximum Gasteiger partial charge on any atom is 0.326 e. The molecule has 10 N–H and O–H groups in total. The van der Waals surface area contributed by atoms with E-state index < -0.39 is 58.8 Å². The summed E-state index contributed by atoms with van der Waals surface area (Å²) in [5.74, 6) is -3.02. The normalized spacial score (nSPS) is 18.1. The zero-order chi connectivity index (χ0) is 57.3. The first-order chi connectivity index (χ1) is 38.4. The van der Waals surface area contributed by atoms with Gasteiger partial charge in [0.2, 0.25) is 29.6 Å². The number of H-pyrrole nitrogens is 1. The second kappa shape index (κ2) is 28.6. The molecule has 2 aliphatic rings. The van der Waals surface area contributed by atoms with Crippen LogP contribution in [-0.2, 0) is 48.4 Å². The molecule has 4 atom stereocenters. The van der Waals surface area contributed by atoms with Gasteiger partial charge in [-0.05, 0) is 67.5 Å². The average Bonchev–Trinajstić information content (AvgIpc) is 4.17. The summed E-state index contributed by atoms with van der Waals surface area (Å²) >= 11 is 4.03. The van der Waals surface area contributed by atoms with Crippen molar-refractivity contribution >= 4 is 103 Å². The van der Waals surface area contributed by atoms with Gasteiger partial charge in [-0.25, -0.2) is 19.7 Å². The van der Waals surface area contributed by atoms with Gasteiger partial charge >= 0.3 is 5.97 Å². The minimum atomic E-state index is -1.35. The lowest BCUT2D eigenvalue weighted by Gasteiger charge is -2.27. The molecule has 4 bridgehead atoms. The lowest BCUT2D eigenvalue weighted by atomic mass is 9.99. The van der Waals surface area contributed by atoms with Gasteiger partial charge in [0.25, 0.3) is 11.5 Å². The highest BCUT2D eigenvalue weighted by Crippen LogP contribution is 2.38. The van der Waals surface area contributed by atoms with Crippen LogP contribution in [0.3, 0.4) is 0 Å². The first kappa shape index (κ1) is 60.1. The Bertz CT molecular complexity index is 3180. The zero-order valence-corrected chi connectivity index (χ0v) is 47.5. The molecule has 3 aromatic heterocycles. The van der Waals surface area contributed by atoms with E-state index in [4.69, 9.17) is 15.7 Å². The average molecular weight is 1150 g/mol. The fraction of sp³-hybridized carbons (Fsp3) is 0.436. The number of carbonyl (C=O) groups excluding carboxylic acids is 6. The van der Waals surface area contributed by atoms with Crippen molar-refractivity contribution in [3.05, 3.63) is 105 Å². The second-order valence-electron chi connectivity index (χ2n) is 19.9. The highest BCUT2D eigenvalue weighted by Gasteiger charge is 2.42. The van der Waals surface area contributed by atoms with E-state index in [1.165, 1.54) is 59.6 Å². The van der Waals surface area contributed by atoms with E-state index in [-0.39, 0.29) is 78.5 Å². The van der Waals surface area contributed by atoms with Crippen LogP contribution in [0.2, 0.25) is 0 Å². The number of amides is 5. The van der Waals surface area contributed by atoms with Crippen LogP contribution in [0.15, 0.2) is 76.7 Å². The number of nitrogens with two attached hydrogens (primary N) is 1. The molecule has 0 aliphatic carbocycles. The van der Waals surface area contributed by atoms with Crippen LogP contribution >= 0.6 is 34.9 Å². The van der Waals surface area contributed by atoms with Crippen molar-refractivity contribution in [1.82, 2.24) is 51.5 Å². The van der Waals surface area contributed by atoms with Crippen molar-refractivity contribution in [3.63, 3.8) is 0 Å². The number of nitrogens with one attached hydrogen (secondary N) is 7. The summed E-state index contributed by atoms with van der Waals surface area (Å²) in [5, 5.41) is 28.5. The number of anilines is 2. The van der Waals surface area contributed by atoms with Crippen molar-refractivity contribution in [2.75, 3.05) is 22.6 Å². The van der Waals surface area contributed by atoms with Crippen molar-refractivity contribution in [1.29, 1.82) is 0 Å². The van der Waals surface area contributed by atoms with E-state index in [0.717, 1.165) is 41.7 Å². The Balaban J connectivity index is 0.939. The molecule has 2 unspecified atom stereocenters. The largest absolute Gasteiger partial charge is 0.480 e. The number of carbonyl (C=O) groups is 7. The number of carboxylic acid groups (broad SMARTS) is 1. The molecule has 22 nitrogen and oxygen atoms in total. The number of unbranched alkanes of at least 4 members (excludes halogenated alkanes) is 4. The lowest BCUT2D eigenvalue weighted by molar-refractivity contribution is -0.139. The highest BCUT2D eigenvalue weighted by molar-refractivity contribution is 8.14. The summed E-state index contributed by atoms with van der Waals surface area (Å²) in [4.78, 5) is 130. The van der Waals surface area contributed by atoms with Gasteiger partial charge in [-0.3, -0.25) is 43.5 Å². The number of aliphatic carboxylic acids is 1. The topological polar surface area (TPSA) is 335 Å².